The Kier molecular flexibility index (Phi) is 5.53. The van der Waals surface area contributed by atoms with Crippen LogP contribution in [0.2, 0.25) is 0 Å². The summed E-state index contributed by atoms with van der Waals surface area (Å²) in [7, 11) is 0. The number of thiophene rings is 1. The van der Waals surface area contributed by atoms with Gasteiger partial charge < -0.3 is 11.1 Å². The lowest BCUT2D eigenvalue weighted by Crippen LogP contribution is -2.25. The maximum atomic E-state index is 11.6. The molecule has 1 aromatic carbocycles. The Morgan fingerprint density at radius 1 is 1.25 bits per heavy atom. The predicted octanol–water partition coefficient (Wildman–Crippen LogP) is 2.97. The van der Waals surface area contributed by atoms with Crippen molar-refractivity contribution in [3.05, 3.63) is 64.4 Å². The first-order valence-corrected chi connectivity index (χ1v) is 7.43. The van der Waals surface area contributed by atoms with E-state index in [0.717, 1.165) is 16.9 Å². The van der Waals surface area contributed by atoms with Crippen molar-refractivity contribution in [2.24, 2.45) is 5.73 Å². The molecule has 3 nitrogen and oxygen atoms in total. The van der Waals surface area contributed by atoms with Gasteiger partial charge in [-0.1, -0.05) is 36.4 Å². The summed E-state index contributed by atoms with van der Waals surface area (Å²) in [5, 5.41) is 4.83. The third-order valence-corrected chi connectivity index (χ3v) is 3.76. The van der Waals surface area contributed by atoms with Gasteiger partial charge in [0.05, 0.1) is 0 Å². The van der Waals surface area contributed by atoms with Gasteiger partial charge in [-0.05, 0) is 29.5 Å². The second kappa shape index (κ2) is 7.62. The van der Waals surface area contributed by atoms with Gasteiger partial charge in [0.1, 0.15) is 0 Å². The summed E-state index contributed by atoms with van der Waals surface area (Å²) in [5.74, 6) is -0.0846. The third kappa shape index (κ3) is 4.64. The molecule has 20 heavy (non-hydrogen) atoms. The van der Waals surface area contributed by atoms with Crippen LogP contribution < -0.4 is 11.1 Å². The molecule has 0 fully saturated rings. The Morgan fingerprint density at radius 2 is 2.05 bits per heavy atom. The van der Waals surface area contributed by atoms with E-state index in [1.54, 1.807) is 17.4 Å². The summed E-state index contributed by atoms with van der Waals surface area (Å²) < 4.78 is 0. The molecule has 0 saturated carbocycles. The predicted molar refractivity (Wildman–Crippen MR) is 84.4 cm³/mol. The van der Waals surface area contributed by atoms with Crippen molar-refractivity contribution in [2.45, 2.75) is 12.5 Å². The van der Waals surface area contributed by atoms with Crippen molar-refractivity contribution in [3.8, 4) is 0 Å². The molecular weight excluding hydrogens is 268 g/mol. The van der Waals surface area contributed by atoms with Crippen molar-refractivity contribution in [1.82, 2.24) is 5.32 Å². The summed E-state index contributed by atoms with van der Waals surface area (Å²) in [5.41, 5.74) is 7.16. The van der Waals surface area contributed by atoms with Crippen LogP contribution in [-0.2, 0) is 4.79 Å². The van der Waals surface area contributed by atoms with Gasteiger partial charge in [0.15, 0.2) is 0 Å². The Labute approximate surface area is 123 Å². The lowest BCUT2D eigenvalue weighted by molar-refractivity contribution is -0.116. The fourth-order valence-electron chi connectivity index (χ4n) is 1.82. The van der Waals surface area contributed by atoms with E-state index in [1.165, 1.54) is 0 Å². The number of rotatable bonds is 6. The topological polar surface area (TPSA) is 55.1 Å². The van der Waals surface area contributed by atoms with E-state index in [2.05, 4.69) is 5.32 Å². The Hall–Kier alpha value is -1.91. The average molecular weight is 286 g/mol. The smallest absolute Gasteiger partial charge is 0.244 e. The zero-order valence-corrected chi connectivity index (χ0v) is 12.0. The Balaban J connectivity index is 1.72. The molecule has 1 heterocycles. The highest BCUT2D eigenvalue weighted by molar-refractivity contribution is 7.10. The summed E-state index contributed by atoms with van der Waals surface area (Å²) in [4.78, 5) is 12.7. The minimum Gasteiger partial charge on any atom is -0.352 e. The van der Waals surface area contributed by atoms with Crippen LogP contribution in [-0.4, -0.2) is 12.5 Å². The molecule has 0 saturated heterocycles. The second-order valence-electron chi connectivity index (χ2n) is 4.45. The summed E-state index contributed by atoms with van der Waals surface area (Å²) in [6, 6.07) is 13.8. The molecular formula is C16H18N2OS. The molecule has 0 aliphatic carbocycles. The highest BCUT2D eigenvalue weighted by atomic mass is 32.1. The van der Waals surface area contributed by atoms with Gasteiger partial charge in [0.2, 0.25) is 5.91 Å². The van der Waals surface area contributed by atoms with E-state index in [9.17, 15) is 4.79 Å². The summed E-state index contributed by atoms with van der Waals surface area (Å²) in [6.45, 7) is 0.573. The van der Waals surface area contributed by atoms with E-state index < -0.39 is 0 Å². The van der Waals surface area contributed by atoms with Gasteiger partial charge in [-0.15, -0.1) is 11.3 Å². The summed E-state index contributed by atoms with van der Waals surface area (Å²) >= 11 is 1.60. The zero-order valence-electron chi connectivity index (χ0n) is 11.2. The van der Waals surface area contributed by atoms with E-state index in [1.807, 2.05) is 53.9 Å². The molecule has 1 amide bonds. The van der Waals surface area contributed by atoms with E-state index in [-0.39, 0.29) is 11.9 Å². The fourth-order valence-corrected chi connectivity index (χ4v) is 2.44. The lowest BCUT2D eigenvalue weighted by Gasteiger charge is -2.11. The minimum atomic E-state index is -0.0846. The molecule has 0 aliphatic heterocycles. The van der Waals surface area contributed by atoms with Gasteiger partial charge in [-0.25, -0.2) is 0 Å². The van der Waals surface area contributed by atoms with Crippen LogP contribution in [0.25, 0.3) is 6.08 Å². The average Bonchev–Trinajstić information content (AvgIpc) is 2.99. The molecule has 3 N–H and O–H groups in total. The number of nitrogens with two attached hydrogens (primary N) is 1. The van der Waals surface area contributed by atoms with E-state index >= 15 is 0 Å². The van der Waals surface area contributed by atoms with Crippen molar-refractivity contribution in [1.29, 1.82) is 0 Å². The Bertz CT molecular complexity index is 549. The third-order valence-electron chi connectivity index (χ3n) is 2.92. The molecule has 1 unspecified atom stereocenters. The monoisotopic (exact) mass is 286 g/mol. The van der Waals surface area contributed by atoms with Gasteiger partial charge in [-0.3, -0.25) is 4.79 Å². The number of nitrogens with one attached hydrogen (secondary N) is 1. The molecule has 2 rings (SSSR count). The molecule has 0 bridgehead atoms. The van der Waals surface area contributed by atoms with Crippen LogP contribution in [0.3, 0.4) is 0 Å². The van der Waals surface area contributed by atoms with Gasteiger partial charge in [0, 0.05) is 23.5 Å². The van der Waals surface area contributed by atoms with Gasteiger partial charge in [0.25, 0.3) is 0 Å². The van der Waals surface area contributed by atoms with Crippen LogP contribution >= 0.6 is 11.3 Å². The van der Waals surface area contributed by atoms with Crippen molar-refractivity contribution in [2.75, 3.05) is 6.54 Å². The number of hydrogen-bond acceptors (Lipinski definition) is 3. The highest BCUT2D eigenvalue weighted by Gasteiger charge is 2.05. The molecule has 0 spiro atoms. The molecule has 1 atom stereocenters. The minimum absolute atomic E-state index is 0.0437. The van der Waals surface area contributed by atoms with E-state index in [4.69, 9.17) is 5.73 Å². The van der Waals surface area contributed by atoms with Crippen molar-refractivity contribution < 1.29 is 4.79 Å². The van der Waals surface area contributed by atoms with Crippen LogP contribution in [0, 0.1) is 0 Å². The van der Waals surface area contributed by atoms with Gasteiger partial charge >= 0.3 is 0 Å². The summed E-state index contributed by atoms with van der Waals surface area (Å²) in [6.07, 6.45) is 4.10. The number of hydrogen-bond donors (Lipinski definition) is 2. The van der Waals surface area contributed by atoms with Gasteiger partial charge in [-0.2, -0.15) is 0 Å². The maximum Gasteiger partial charge on any atom is 0.244 e. The van der Waals surface area contributed by atoms with Crippen LogP contribution in [0.1, 0.15) is 22.9 Å². The molecule has 2 aromatic rings. The van der Waals surface area contributed by atoms with Crippen molar-refractivity contribution in [3.63, 3.8) is 0 Å². The number of carbonyl (C=O) groups is 1. The highest BCUT2D eigenvalue weighted by Crippen LogP contribution is 2.12. The normalized spacial score (nSPS) is 12.4. The maximum absolute atomic E-state index is 11.6. The molecule has 4 heteroatoms. The van der Waals surface area contributed by atoms with E-state index in [0.29, 0.717) is 6.54 Å². The SMILES string of the molecule is NC(CCNC(=O)/C=C/c1cccs1)c1ccccc1. The van der Waals surface area contributed by atoms with Crippen LogP contribution in [0.5, 0.6) is 0 Å². The number of benzene rings is 1. The van der Waals surface area contributed by atoms with Crippen LogP contribution in [0.4, 0.5) is 0 Å². The molecule has 104 valence electrons. The number of amides is 1. The van der Waals surface area contributed by atoms with Crippen LogP contribution in [0.15, 0.2) is 53.9 Å². The number of carbonyl (C=O) groups excluding carboxylic acids is 1. The molecule has 0 radical (unpaired) electrons. The fraction of sp³-hybridized carbons (Fsp3) is 0.188. The second-order valence-corrected chi connectivity index (χ2v) is 5.42. The lowest BCUT2D eigenvalue weighted by atomic mass is 10.1. The zero-order chi connectivity index (χ0) is 14.2. The Morgan fingerprint density at radius 3 is 2.75 bits per heavy atom. The first kappa shape index (κ1) is 14.5. The largest absolute Gasteiger partial charge is 0.352 e. The first-order valence-electron chi connectivity index (χ1n) is 6.55. The molecule has 0 aliphatic rings. The first-order chi connectivity index (χ1) is 9.75. The quantitative estimate of drug-likeness (QED) is 0.802. The van der Waals surface area contributed by atoms with Crippen molar-refractivity contribution >= 4 is 23.3 Å². The standard InChI is InChI=1S/C16H18N2OS/c17-15(13-5-2-1-3-6-13)10-11-18-16(19)9-8-14-7-4-12-20-14/h1-9,12,15H,10-11,17H2,(H,18,19)/b9-8+. The molecule has 1 aromatic heterocycles.